The van der Waals surface area contributed by atoms with Crippen LogP contribution in [-0.2, 0) is 0 Å². The van der Waals surface area contributed by atoms with Gasteiger partial charge < -0.3 is 10.1 Å². The van der Waals surface area contributed by atoms with Gasteiger partial charge >= 0.3 is 0 Å². The van der Waals surface area contributed by atoms with E-state index in [9.17, 15) is 5.26 Å². The SMILES string of the molecule is COc1cccc(NC(C#N)C2CC(C)=CC(C)C2)c1. The van der Waals surface area contributed by atoms with E-state index in [0.717, 1.165) is 24.3 Å². The Balaban J connectivity index is 2.09. The molecule has 0 aliphatic heterocycles. The van der Waals surface area contributed by atoms with Crippen LogP contribution < -0.4 is 10.1 Å². The lowest BCUT2D eigenvalue weighted by atomic mass is 9.80. The maximum atomic E-state index is 9.48. The molecule has 3 nitrogen and oxygen atoms in total. The fraction of sp³-hybridized carbons (Fsp3) is 0.471. The Morgan fingerprint density at radius 2 is 2.25 bits per heavy atom. The number of rotatable bonds is 4. The van der Waals surface area contributed by atoms with Gasteiger partial charge in [0.25, 0.3) is 0 Å². The van der Waals surface area contributed by atoms with Gasteiger partial charge in [0.2, 0.25) is 0 Å². The Hall–Kier alpha value is -1.95. The fourth-order valence-electron chi connectivity index (χ4n) is 3.00. The second-order valence-corrected chi connectivity index (χ2v) is 5.67. The zero-order chi connectivity index (χ0) is 14.5. The highest BCUT2D eigenvalue weighted by atomic mass is 16.5. The summed E-state index contributed by atoms with van der Waals surface area (Å²) in [6.45, 7) is 4.37. The lowest BCUT2D eigenvalue weighted by Gasteiger charge is -2.29. The summed E-state index contributed by atoms with van der Waals surface area (Å²) in [6.07, 6.45) is 4.38. The van der Waals surface area contributed by atoms with Crippen molar-refractivity contribution in [2.75, 3.05) is 12.4 Å². The second kappa shape index (κ2) is 6.47. The van der Waals surface area contributed by atoms with Gasteiger partial charge in [0.05, 0.1) is 13.2 Å². The van der Waals surface area contributed by atoms with Crippen LogP contribution in [0, 0.1) is 23.2 Å². The summed E-state index contributed by atoms with van der Waals surface area (Å²) in [5.41, 5.74) is 2.33. The van der Waals surface area contributed by atoms with Gasteiger partial charge in [-0.15, -0.1) is 0 Å². The van der Waals surface area contributed by atoms with Crippen molar-refractivity contribution in [1.29, 1.82) is 5.26 Å². The predicted octanol–water partition coefficient (Wildman–Crippen LogP) is 3.99. The van der Waals surface area contributed by atoms with Gasteiger partial charge in [-0.3, -0.25) is 0 Å². The van der Waals surface area contributed by atoms with E-state index in [-0.39, 0.29) is 6.04 Å². The number of hydrogen-bond donors (Lipinski definition) is 1. The van der Waals surface area contributed by atoms with E-state index in [0.29, 0.717) is 11.8 Å². The highest BCUT2D eigenvalue weighted by molar-refractivity contribution is 5.50. The zero-order valence-corrected chi connectivity index (χ0v) is 12.4. The molecule has 0 heterocycles. The van der Waals surface area contributed by atoms with Crippen molar-refractivity contribution in [2.24, 2.45) is 11.8 Å². The largest absolute Gasteiger partial charge is 0.497 e. The van der Waals surface area contributed by atoms with E-state index in [2.05, 4.69) is 31.3 Å². The topological polar surface area (TPSA) is 45.0 Å². The highest BCUT2D eigenvalue weighted by Crippen LogP contribution is 2.31. The van der Waals surface area contributed by atoms with Crippen molar-refractivity contribution in [3.63, 3.8) is 0 Å². The Labute approximate surface area is 121 Å². The third kappa shape index (κ3) is 3.54. The average Bonchev–Trinajstić information content (AvgIpc) is 2.44. The molecule has 0 radical (unpaired) electrons. The summed E-state index contributed by atoms with van der Waals surface area (Å²) in [6, 6.07) is 10.0. The Kier molecular flexibility index (Phi) is 4.68. The quantitative estimate of drug-likeness (QED) is 0.841. The number of nitrogens with one attached hydrogen (secondary N) is 1. The summed E-state index contributed by atoms with van der Waals surface area (Å²) < 4.78 is 5.22. The summed E-state index contributed by atoms with van der Waals surface area (Å²) in [5.74, 6) is 1.72. The van der Waals surface area contributed by atoms with Crippen LogP contribution in [0.15, 0.2) is 35.9 Å². The number of ether oxygens (including phenoxy) is 1. The van der Waals surface area contributed by atoms with Crippen molar-refractivity contribution in [2.45, 2.75) is 32.7 Å². The zero-order valence-electron chi connectivity index (χ0n) is 12.4. The lowest BCUT2D eigenvalue weighted by Crippen LogP contribution is -2.30. The molecule has 0 bridgehead atoms. The third-order valence-corrected chi connectivity index (χ3v) is 3.83. The van der Waals surface area contributed by atoms with Crippen LogP contribution in [0.4, 0.5) is 5.69 Å². The molecule has 0 aromatic heterocycles. The van der Waals surface area contributed by atoms with E-state index >= 15 is 0 Å². The van der Waals surface area contributed by atoms with Crippen LogP contribution in [0.25, 0.3) is 0 Å². The number of nitrogens with zero attached hydrogens (tertiary/aromatic N) is 1. The number of methoxy groups -OCH3 is 1. The summed E-state index contributed by atoms with van der Waals surface area (Å²) >= 11 is 0. The molecule has 0 saturated heterocycles. The maximum Gasteiger partial charge on any atom is 0.120 e. The average molecular weight is 270 g/mol. The molecule has 0 spiro atoms. The summed E-state index contributed by atoms with van der Waals surface area (Å²) in [5, 5.41) is 12.8. The molecule has 3 heteroatoms. The van der Waals surface area contributed by atoms with E-state index < -0.39 is 0 Å². The number of hydrogen-bond acceptors (Lipinski definition) is 3. The van der Waals surface area contributed by atoms with Gasteiger partial charge in [0, 0.05) is 11.8 Å². The predicted molar refractivity (Wildman–Crippen MR) is 81.7 cm³/mol. The van der Waals surface area contributed by atoms with E-state index in [1.807, 2.05) is 24.3 Å². The number of anilines is 1. The third-order valence-electron chi connectivity index (χ3n) is 3.83. The molecule has 2 rings (SSSR count). The molecule has 3 atom stereocenters. The maximum absolute atomic E-state index is 9.48. The summed E-state index contributed by atoms with van der Waals surface area (Å²) in [4.78, 5) is 0. The molecule has 0 fully saturated rings. The summed E-state index contributed by atoms with van der Waals surface area (Å²) in [7, 11) is 1.65. The van der Waals surface area contributed by atoms with E-state index in [1.54, 1.807) is 7.11 Å². The van der Waals surface area contributed by atoms with E-state index in [1.165, 1.54) is 5.57 Å². The highest BCUT2D eigenvalue weighted by Gasteiger charge is 2.26. The molecule has 1 aromatic carbocycles. The number of nitriles is 1. The van der Waals surface area contributed by atoms with Gasteiger partial charge in [0.1, 0.15) is 11.8 Å². The minimum absolute atomic E-state index is 0.159. The first-order chi connectivity index (χ1) is 9.62. The number of allylic oxidation sites excluding steroid dienone is 2. The van der Waals surface area contributed by atoms with E-state index in [4.69, 9.17) is 4.74 Å². The lowest BCUT2D eigenvalue weighted by molar-refractivity contribution is 0.388. The molecule has 20 heavy (non-hydrogen) atoms. The first-order valence-corrected chi connectivity index (χ1v) is 7.10. The first-order valence-electron chi connectivity index (χ1n) is 7.10. The van der Waals surface area contributed by atoms with Crippen LogP contribution in [0.2, 0.25) is 0 Å². The first kappa shape index (κ1) is 14.5. The molecule has 1 N–H and O–H groups in total. The molecule has 1 aromatic rings. The van der Waals surface area contributed by atoms with Gasteiger partial charge in [0.15, 0.2) is 0 Å². The molecule has 0 amide bonds. The van der Waals surface area contributed by atoms with Gasteiger partial charge in [-0.2, -0.15) is 5.26 Å². The molecule has 3 unspecified atom stereocenters. The Morgan fingerprint density at radius 3 is 2.90 bits per heavy atom. The monoisotopic (exact) mass is 270 g/mol. The van der Waals surface area contributed by atoms with Crippen molar-refractivity contribution in [3.8, 4) is 11.8 Å². The van der Waals surface area contributed by atoms with Crippen LogP contribution >= 0.6 is 0 Å². The number of benzene rings is 1. The van der Waals surface area contributed by atoms with Gasteiger partial charge in [-0.05, 0) is 43.7 Å². The standard InChI is InChI=1S/C17H22N2O/c1-12-7-13(2)9-14(8-12)17(11-18)19-15-5-4-6-16(10-15)20-3/h4-7,10,12,14,17,19H,8-9H2,1-3H3. The van der Waals surface area contributed by atoms with Crippen LogP contribution in [0.5, 0.6) is 5.75 Å². The molecule has 0 saturated carbocycles. The Morgan fingerprint density at radius 1 is 1.45 bits per heavy atom. The van der Waals surface area contributed by atoms with Crippen molar-refractivity contribution in [1.82, 2.24) is 0 Å². The minimum Gasteiger partial charge on any atom is -0.497 e. The van der Waals surface area contributed by atoms with Crippen LogP contribution in [-0.4, -0.2) is 13.2 Å². The second-order valence-electron chi connectivity index (χ2n) is 5.67. The van der Waals surface area contributed by atoms with Crippen molar-refractivity contribution < 1.29 is 4.74 Å². The molecular formula is C17H22N2O. The Bertz CT molecular complexity index is 530. The minimum atomic E-state index is -0.159. The molecule has 106 valence electrons. The van der Waals surface area contributed by atoms with Crippen LogP contribution in [0.1, 0.15) is 26.7 Å². The van der Waals surface area contributed by atoms with Gasteiger partial charge in [-0.1, -0.05) is 24.6 Å². The van der Waals surface area contributed by atoms with Crippen molar-refractivity contribution >= 4 is 5.69 Å². The molecule has 1 aliphatic carbocycles. The molecule has 1 aliphatic rings. The normalized spacial score (nSPS) is 23.4. The smallest absolute Gasteiger partial charge is 0.120 e. The van der Waals surface area contributed by atoms with Crippen molar-refractivity contribution in [3.05, 3.63) is 35.9 Å². The molecular weight excluding hydrogens is 248 g/mol. The van der Waals surface area contributed by atoms with Gasteiger partial charge in [-0.25, -0.2) is 0 Å². The fourth-order valence-corrected chi connectivity index (χ4v) is 3.00. The van der Waals surface area contributed by atoms with Crippen LogP contribution in [0.3, 0.4) is 0 Å².